The van der Waals surface area contributed by atoms with Crippen molar-refractivity contribution in [3.63, 3.8) is 0 Å². The van der Waals surface area contributed by atoms with Crippen LogP contribution in [0.25, 0.3) is 0 Å². The molecule has 6 nitrogen and oxygen atoms in total. The molecule has 1 saturated heterocycles. The van der Waals surface area contributed by atoms with Gasteiger partial charge in [-0.1, -0.05) is 42.5 Å². The van der Waals surface area contributed by atoms with E-state index in [9.17, 15) is 9.90 Å². The number of aliphatic hydroxyl groups is 1. The fourth-order valence-corrected chi connectivity index (χ4v) is 3.33. The standard InChI is InChI=1S/C21H26N2O4/c1-16(13-17-7-9-19(10-8-17)26-14-20(22)24)23-11-12-27-21(25,15-23)18-5-3-2-4-6-18/h2-10,16,25H,11-15H2,1H3,(H2,22,24). The predicted molar refractivity (Wildman–Crippen MR) is 102 cm³/mol. The second-order valence-corrected chi connectivity index (χ2v) is 6.92. The van der Waals surface area contributed by atoms with Gasteiger partial charge >= 0.3 is 0 Å². The third-order valence-corrected chi connectivity index (χ3v) is 4.82. The summed E-state index contributed by atoms with van der Waals surface area (Å²) >= 11 is 0. The predicted octanol–water partition coefficient (Wildman–Crippen LogP) is 1.66. The van der Waals surface area contributed by atoms with E-state index < -0.39 is 11.7 Å². The van der Waals surface area contributed by atoms with E-state index in [2.05, 4.69) is 11.8 Å². The third kappa shape index (κ3) is 5.07. The number of ether oxygens (including phenoxy) is 2. The highest BCUT2D eigenvalue weighted by atomic mass is 16.6. The van der Waals surface area contributed by atoms with Crippen molar-refractivity contribution in [3.05, 3.63) is 65.7 Å². The molecule has 0 spiro atoms. The van der Waals surface area contributed by atoms with Crippen LogP contribution in [0, 0.1) is 0 Å². The van der Waals surface area contributed by atoms with Gasteiger partial charge in [0.1, 0.15) is 5.75 Å². The van der Waals surface area contributed by atoms with Crippen LogP contribution in [-0.4, -0.2) is 48.3 Å². The molecule has 144 valence electrons. The first-order valence-electron chi connectivity index (χ1n) is 9.12. The summed E-state index contributed by atoms with van der Waals surface area (Å²) in [6.07, 6.45) is 0.834. The van der Waals surface area contributed by atoms with Crippen molar-refractivity contribution < 1.29 is 19.4 Å². The van der Waals surface area contributed by atoms with Crippen molar-refractivity contribution >= 4 is 5.91 Å². The average Bonchev–Trinajstić information content (AvgIpc) is 2.68. The first-order valence-corrected chi connectivity index (χ1v) is 9.12. The largest absolute Gasteiger partial charge is 0.484 e. The van der Waals surface area contributed by atoms with E-state index >= 15 is 0 Å². The zero-order chi connectivity index (χ0) is 19.3. The number of carbonyl (C=O) groups excluding carboxylic acids is 1. The van der Waals surface area contributed by atoms with Crippen LogP contribution in [0.15, 0.2) is 54.6 Å². The van der Waals surface area contributed by atoms with E-state index in [1.54, 1.807) is 0 Å². The molecule has 2 aromatic carbocycles. The SMILES string of the molecule is CC(Cc1ccc(OCC(N)=O)cc1)N1CCOC(O)(c2ccccc2)C1. The Bertz CT molecular complexity index is 751. The maximum atomic E-state index is 11.0. The van der Waals surface area contributed by atoms with Crippen LogP contribution in [0.5, 0.6) is 5.75 Å². The Labute approximate surface area is 159 Å². The van der Waals surface area contributed by atoms with Gasteiger partial charge < -0.3 is 20.3 Å². The molecule has 1 aliphatic heterocycles. The van der Waals surface area contributed by atoms with E-state index in [4.69, 9.17) is 15.2 Å². The number of primary amides is 1. The summed E-state index contributed by atoms with van der Waals surface area (Å²) in [7, 11) is 0. The minimum atomic E-state index is -1.28. The normalized spacial score (nSPS) is 21.6. The second-order valence-electron chi connectivity index (χ2n) is 6.92. The summed E-state index contributed by atoms with van der Waals surface area (Å²) in [4.78, 5) is 13.0. The van der Waals surface area contributed by atoms with Gasteiger partial charge in [0.25, 0.3) is 5.91 Å². The molecule has 0 bridgehead atoms. The van der Waals surface area contributed by atoms with Gasteiger partial charge in [0.05, 0.1) is 13.2 Å². The average molecular weight is 370 g/mol. The van der Waals surface area contributed by atoms with Crippen molar-refractivity contribution in [2.24, 2.45) is 5.73 Å². The zero-order valence-corrected chi connectivity index (χ0v) is 15.5. The highest BCUT2D eigenvalue weighted by Gasteiger charge is 2.37. The van der Waals surface area contributed by atoms with Gasteiger partial charge in [-0.25, -0.2) is 0 Å². The van der Waals surface area contributed by atoms with Crippen molar-refractivity contribution in [2.75, 3.05) is 26.3 Å². The van der Waals surface area contributed by atoms with E-state index in [0.717, 1.165) is 24.1 Å². The van der Waals surface area contributed by atoms with Crippen molar-refractivity contribution in [3.8, 4) is 5.75 Å². The molecule has 2 unspecified atom stereocenters. The van der Waals surface area contributed by atoms with Gasteiger partial charge in [0.15, 0.2) is 6.61 Å². The van der Waals surface area contributed by atoms with Crippen LogP contribution in [0.4, 0.5) is 0 Å². The number of nitrogens with two attached hydrogens (primary N) is 1. The topological polar surface area (TPSA) is 85.0 Å². The molecule has 0 radical (unpaired) electrons. The molecule has 1 amide bonds. The lowest BCUT2D eigenvalue weighted by Crippen LogP contribution is -2.53. The summed E-state index contributed by atoms with van der Waals surface area (Å²) in [6.45, 7) is 3.71. The Kier molecular flexibility index (Phi) is 6.11. The molecular formula is C21H26N2O4. The Morgan fingerprint density at radius 1 is 1.26 bits per heavy atom. The number of carbonyl (C=O) groups is 1. The lowest BCUT2D eigenvalue weighted by atomic mass is 10.0. The van der Waals surface area contributed by atoms with Crippen molar-refractivity contribution in [2.45, 2.75) is 25.2 Å². The second kappa shape index (κ2) is 8.52. The van der Waals surface area contributed by atoms with Gasteiger partial charge in [-0.2, -0.15) is 0 Å². The molecule has 2 atom stereocenters. The summed E-state index contributed by atoms with van der Waals surface area (Å²) in [5.74, 6) is -1.15. The molecule has 1 heterocycles. The fourth-order valence-electron chi connectivity index (χ4n) is 3.33. The number of benzene rings is 2. The first kappa shape index (κ1) is 19.4. The smallest absolute Gasteiger partial charge is 0.255 e. The first-order chi connectivity index (χ1) is 13.0. The Hall–Kier alpha value is -2.41. The summed E-state index contributed by atoms with van der Waals surface area (Å²) < 4.78 is 11.0. The number of morpholine rings is 1. The molecule has 1 fully saturated rings. The molecule has 1 aliphatic rings. The van der Waals surface area contributed by atoms with Crippen LogP contribution in [0.3, 0.4) is 0 Å². The van der Waals surface area contributed by atoms with Gasteiger partial charge in [-0.05, 0) is 31.0 Å². The van der Waals surface area contributed by atoms with E-state index in [-0.39, 0.29) is 12.6 Å². The van der Waals surface area contributed by atoms with Crippen LogP contribution in [0.1, 0.15) is 18.1 Å². The molecular weight excluding hydrogens is 344 g/mol. The minimum Gasteiger partial charge on any atom is -0.484 e. The van der Waals surface area contributed by atoms with Gasteiger partial charge in [0, 0.05) is 18.2 Å². The van der Waals surface area contributed by atoms with Gasteiger partial charge in [-0.3, -0.25) is 9.69 Å². The molecule has 0 saturated carbocycles. The van der Waals surface area contributed by atoms with E-state index in [0.29, 0.717) is 18.9 Å². The summed E-state index contributed by atoms with van der Waals surface area (Å²) in [6, 6.07) is 17.4. The Morgan fingerprint density at radius 2 is 1.96 bits per heavy atom. The monoisotopic (exact) mass is 370 g/mol. The van der Waals surface area contributed by atoms with Crippen LogP contribution in [-0.2, 0) is 21.7 Å². The Balaban J connectivity index is 1.60. The van der Waals surface area contributed by atoms with Crippen LogP contribution < -0.4 is 10.5 Å². The molecule has 6 heteroatoms. The lowest BCUT2D eigenvalue weighted by Gasteiger charge is -2.42. The van der Waals surface area contributed by atoms with E-state index in [1.807, 2.05) is 54.6 Å². The number of nitrogens with zero attached hydrogens (tertiary/aromatic N) is 1. The quantitative estimate of drug-likeness (QED) is 0.774. The fraction of sp³-hybridized carbons (Fsp3) is 0.381. The number of hydrogen-bond donors (Lipinski definition) is 2. The third-order valence-electron chi connectivity index (χ3n) is 4.82. The molecule has 27 heavy (non-hydrogen) atoms. The summed E-state index contributed by atoms with van der Waals surface area (Å²) in [5.41, 5.74) is 7.01. The van der Waals surface area contributed by atoms with Crippen LogP contribution in [0.2, 0.25) is 0 Å². The number of amides is 1. The molecule has 0 aromatic heterocycles. The number of hydrogen-bond acceptors (Lipinski definition) is 5. The summed E-state index contributed by atoms with van der Waals surface area (Å²) in [5, 5.41) is 11.0. The molecule has 3 N–H and O–H groups in total. The molecule has 0 aliphatic carbocycles. The maximum absolute atomic E-state index is 11.0. The van der Waals surface area contributed by atoms with Gasteiger partial charge in [0.2, 0.25) is 5.79 Å². The number of rotatable bonds is 7. The highest BCUT2D eigenvalue weighted by molar-refractivity contribution is 5.75. The van der Waals surface area contributed by atoms with Gasteiger partial charge in [-0.15, -0.1) is 0 Å². The lowest BCUT2D eigenvalue weighted by molar-refractivity contribution is -0.251. The minimum absolute atomic E-state index is 0.123. The highest BCUT2D eigenvalue weighted by Crippen LogP contribution is 2.28. The maximum Gasteiger partial charge on any atom is 0.255 e. The number of β-amino-alcohol motifs (C(OH)–C–C–N with tert-alkyl or cyclic N) is 1. The molecule has 3 rings (SSSR count). The van der Waals surface area contributed by atoms with E-state index in [1.165, 1.54) is 0 Å². The van der Waals surface area contributed by atoms with Crippen molar-refractivity contribution in [1.82, 2.24) is 4.90 Å². The molecule has 2 aromatic rings. The van der Waals surface area contributed by atoms with Crippen molar-refractivity contribution in [1.29, 1.82) is 0 Å². The zero-order valence-electron chi connectivity index (χ0n) is 15.5. The Morgan fingerprint density at radius 3 is 2.63 bits per heavy atom. The van der Waals surface area contributed by atoms with Crippen LogP contribution >= 0.6 is 0 Å².